The molecule has 0 aliphatic heterocycles. The summed E-state index contributed by atoms with van der Waals surface area (Å²) in [5, 5.41) is 1.35. The Kier molecular flexibility index (Phi) is 6.12. The van der Waals surface area contributed by atoms with E-state index >= 15 is 0 Å². The number of halogens is 1. The molecular weight excluding hydrogens is 428 g/mol. The number of fused-ring (bicyclic) bond motifs is 1. The lowest BCUT2D eigenvalue weighted by atomic mass is 9.86. The molecule has 0 spiro atoms. The van der Waals surface area contributed by atoms with Crippen LogP contribution >= 0.6 is 22.9 Å². The number of thiazole rings is 1. The van der Waals surface area contributed by atoms with E-state index in [0.29, 0.717) is 22.3 Å². The van der Waals surface area contributed by atoms with Gasteiger partial charge in [0.15, 0.2) is 5.13 Å². The van der Waals surface area contributed by atoms with E-state index in [1.807, 2.05) is 53.2 Å². The number of carbonyl (C=O) groups is 1. The second kappa shape index (κ2) is 8.81. The Bertz CT molecular complexity index is 1180. The third-order valence-corrected chi connectivity index (χ3v) is 6.45. The Morgan fingerprint density at radius 2 is 1.94 bits per heavy atom. The van der Waals surface area contributed by atoms with Crippen molar-refractivity contribution in [2.75, 3.05) is 11.4 Å². The first kappa shape index (κ1) is 21.5. The van der Waals surface area contributed by atoms with Crippen molar-refractivity contribution in [2.45, 2.75) is 39.2 Å². The van der Waals surface area contributed by atoms with E-state index in [0.717, 1.165) is 23.2 Å². The quantitative estimate of drug-likeness (QED) is 0.351. The molecule has 5 nitrogen and oxygen atoms in total. The Hall–Kier alpha value is -2.70. The molecule has 2 aromatic carbocycles. The van der Waals surface area contributed by atoms with Gasteiger partial charge in [-0.15, -0.1) is 0 Å². The predicted molar refractivity (Wildman–Crippen MR) is 128 cm³/mol. The van der Waals surface area contributed by atoms with Gasteiger partial charge in [0.2, 0.25) is 0 Å². The van der Waals surface area contributed by atoms with Gasteiger partial charge in [-0.2, -0.15) is 0 Å². The molecule has 0 aliphatic rings. The average Bonchev–Trinajstić information content (AvgIpc) is 3.39. The summed E-state index contributed by atoms with van der Waals surface area (Å²) in [6.45, 7) is 7.84. The van der Waals surface area contributed by atoms with Crippen LogP contribution in [0.2, 0.25) is 5.02 Å². The first-order valence-electron chi connectivity index (χ1n) is 10.3. The smallest absolute Gasteiger partial charge is 0.260 e. The third kappa shape index (κ3) is 4.97. The van der Waals surface area contributed by atoms with Crippen LogP contribution in [-0.2, 0) is 12.0 Å². The highest BCUT2D eigenvalue weighted by Gasteiger charge is 2.22. The SMILES string of the molecule is CC(C)(C)c1ccc(C(=O)N(CCCn2ccnc2)c2nc3ccc(Cl)cc3s2)cc1. The van der Waals surface area contributed by atoms with Gasteiger partial charge in [0.25, 0.3) is 5.91 Å². The standard InChI is InChI=1S/C24H25ClN4OS/c1-24(2,3)18-7-5-17(6-8-18)22(30)29(13-4-12-28-14-11-26-16-28)23-27-20-10-9-19(25)15-21(20)31-23/h5-11,14-16H,4,12-13H2,1-3H3. The molecule has 31 heavy (non-hydrogen) atoms. The number of aryl methyl sites for hydroxylation is 1. The fourth-order valence-electron chi connectivity index (χ4n) is 3.38. The molecule has 0 bridgehead atoms. The van der Waals surface area contributed by atoms with Crippen LogP contribution in [0.4, 0.5) is 5.13 Å². The van der Waals surface area contributed by atoms with E-state index in [4.69, 9.17) is 16.6 Å². The summed E-state index contributed by atoms with van der Waals surface area (Å²) >= 11 is 7.64. The zero-order valence-corrected chi connectivity index (χ0v) is 19.5. The van der Waals surface area contributed by atoms with Gasteiger partial charge in [-0.25, -0.2) is 9.97 Å². The van der Waals surface area contributed by atoms with Gasteiger partial charge < -0.3 is 4.57 Å². The summed E-state index contributed by atoms with van der Waals surface area (Å²) < 4.78 is 2.98. The fraction of sp³-hybridized carbons (Fsp3) is 0.292. The van der Waals surface area contributed by atoms with E-state index in [1.165, 1.54) is 16.9 Å². The lowest BCUT2D eigenvalue weighted by Gasteiger charge is -2.22. The molecule has 0 radical (unpaired) electrons. The van der Waals surface area contributed by atoms with Crippen molar-refractivity contribution >= 4 is 44.2 Å². The Labute approximate surface area is 191 Å². The van der Waals surface area contributed by atoms with Crippen molar-refractivity contribution in [3.63, 3.8) is 0 Å². The van der Waals surface area contributed by atoms with Gasteiger partial charge >= 0.3 is 0 Å². The number of carbonyl (C=O) groups excluding carboxylic acids is 1. The topological polar surface area (TPSA) is 51.0 Å². The van der Waals surface area contributed by atoms with E-state index < -0.39 is 0 Å². The highest BCUT2D eigenvalue weighted by atomic mass is 35.5. The van der Waals surface area contributed by atoms with Gasteiger partial charge in [0, 0.05) is 36.1 Å². The molecule has 4 aromatic rings. The van der Waals surface area contributed by atoms with Gasteiger partial charge in [-0.05, 0) is 47.7 Å². The van der Waals surface area contributed by atoms with E-state index in [1.54, 1.807) is 17.4 Å². The lowest BCUT2D eigenvalue weighted by molar-refractivity contribution is 0.0986. The van der Waals surface area contributed by atoms with Crippen molar-refractivity contribution in [1.29, 1.82) is 0 Å². The zero-order valence-electron chi connectivity index (χ0n) is 17.9. The molecular formula is C24H25ClN4OS. The average molecular weight is 453 g/mol. The number of anilines is 1. The Morgan fingerprint density at radius 1 is 1.16 bits per heavy atom. The van der Waals surface area contributed by atoms with Crippen LogP contribution in [0.3, 0.4) is 0 Å². The van der Waals surface area contributed by atoms with Crippen molar-refractivity contribution in [3.8, 4) is 0 Å². The molecule has 0 N–H and O–H groups in total. The van der Waals surface area contributed by atoms with Gasteiger partial charge in [-0.3, -0.25) is 9.69 Å². The van der Waals surface area contributed by atoms with Crippen molar-refractivity contribution in [2.24, 2.45) is 0 Å². The van der Waals surface area contributed by atoms with Crippen LogP contribution in [-0.4, -0.2) is 27.0 Å². The highest BCUT2D eigenvalue weighted by molar-refractivity contribution is 7.22. The van der Waals surface area contributed by atoms with Gasteiger partial charge in [0.1, 0.15) is 0 Å². The van der Waals surface area contributed by atoms with Crippen molar-refractivity contribution in [1.82, 2.24) is 14.5 Å². The minimum absolute atomic E-state index is 0.0400. The Morgan fingerprint density at radius 3 is 2.61 bits per heavy atom. The van der Waals surface area contributed by atoms with Crippen molar-refractivity contribution < 1.29 is 4.79 Å². The fourth-order valence-corrected chi connectivity index (χ4v) is 4.65. The number of hydrogen-bond donors (Lipinski definition) is 0. The lowest BCUT2D eigenvalue weighted by Crippen LogP contribution is -2.32. The number of hydrogen-bond acceptors (Lipinski definition) is 4. The zero-order chi connectivity index (χ0) is 22.0. The molecule has 0 aliphatic carbocycles. The molecule has 0 unspecified atom stereocenters. The van der Waals surface area contributed by atoms with Crippen LogP contribution < -0.4 is 4.90 Å². The molecule has 4 rings (SSSR count). The summed E-state index contributed by atoms with van der Waals surface area (Å²) in [5.41, 5.74) is 2.75. The summed E-state index contributed by atoms with van der Waals surface area (Å²) in [6.07, 6.45) is 6.27. The van der Waals surface area contributed by atoms with Crippen LogP contribution in [0.1, 0.15) is 43.1 Å². The Balaban J connectivity index is 1.62. The van der Waals surface area contributed by atoms with Crippen LogP contribution in [0.25, 0.3) is 10.2 Å². The predicted octanol–water partition coefficient (Wildman–Crippen LogP) is 6.18. The van der Waals surface area contributed by atoms with Gasteiger partial charge in [-0.1, -0.05) is 55.8 Å². The summed E-state index contributed by atoms with van der Waals surface area (Å²) in [4.78, 5) is 24.1. The summed E-state index contributed by atoms with van der Waals surface area (Å²) in [5.74, 6) is -0.0451. The number of rotatable bonds is 6. The van der Waals surface area contributed by atoms with E-state index in [2.05, 4.69) is 25.8 Å². The molecule has 0 atom stereocenters. The maximum atomic E-state index is 13.5. The van der Waals surface area contributed by atoms with Crippen molar-refractivity contribution in [3.05, 3.63) is 77.3 Å². The van der Waals surface area contributed by atoms with E-state index in [-0.39, 0.29) is 11.3 Å². The number of nitrogens with zero attached hydrogens (tertiary/aromatic N) is 4. The van der Waals surface area contributed by atoms with E-state index in [9.17, 15) is 4.79 Å². The molecule has 160 valence electrons. The molecule has 0 fully saturated rings. The maximum absolute atomic E-state index is 13.5. The first-order chi connectivity index (χ1) is 14.8. The minimum atomic E-state index is -0.0451. The first-order valence-corrected chi connectivity index (χ1v) is 11.4. The third-order valence-electron chi connectivity index (χ3n) is 5.17. The largest absolute Gasteiger partial charge is 0.337 e. The molecule has 2 aromatic heterocycles. The van der Waals surface area contributed by atoms with Gasteiger partial charge in [0.05, 0.1) is 16.5 Å². The van der Waals surface area contributed by atoms with Crippen LogP contribution in [0.5, 0.6) is 0 Å². The second-order valence-corrected chi connectivity index (χ2v) is 9.99. The van der Waals surface area contributed by atoms with Crippen LogP contribution in [0.15, 0.2) is 61.2 Å². The number of benzene rings is 2. The molecule has 7 heteroatoms. The maximum Gasteiger partial charge on any atom is 0.260 e. The summed E-state index contributed by atoms with van der Waals surface area (Å²) in [6, 6.07) is 13.5. The monoisotopic (exact) mass is 452 g/mol. The molecule has 1 amide bonds. The number of imidazole rings is 1. The molecule has 0 saturated heterocycles. The number of amides is 1. The highest BCUT2D eigenvalue weighted by Crippen LogP contribution is 2.32. The second-order valence-electron chi connectivity index (χ2n) is 8.55. The molecule has 0 saturated carbocycles. The van der Waals surface area contributed by atoms with Crippen LogP contribution in [0, 0.1) is 0 Å². The molecule has 2 heterocycles. The minimum Gasteiger partial charge on any atom is -0.337 e. The normalized spacial score (nSPS) is 11.7. The number of aromatic nitrogens is 3. The summed E-state index contributed by atoms with van der Waals surface area (Å²) in [7, 11) is 0.